The Morgan fingerprint density at radius 1 is 1.45 bits per heavy atom. The number of alkyl halides is 1. The number of aliphatic hydroxyl groups excluding tert-OH is 2. The zero-order chi connectivity index (χ0) is 14.4. The first-order chi connectivity index (χ1) is 9.52. The van der Waals surface area contributed by atoms with Crippen LogP contribution in [0.3, 0.4) is 0 Å². The third kappa shape index (κ3) is 1.80. The second-order valence-corrected chi connectivity index (χ2v) is 4.38. The first kappa shape index (κ1) is 13.1. The van der Waals surface area contributed by atoms with E-state index in [0.717, 1.165) is 4.57 Å². The first-order valence-corrected chi connectivity index (χ1v) is 5.77. The number of halogens is 2. The zero-order valence-corrected chi connectivity index (χ0v) is 10.0. The van der Waals surface area contributed by atoms with Crippen LogP contribution in [0.5, 0.6) is 0 Å². The molecule has 0 amide bonds. The summed E-state index contributed by atoms with van der Waals surface area (Å²) in [6.07, 6.45) is -5.57. The van der Waals surface area contributed by atoms with Crippen LogP contribution in [0, 0.1) is 6.08 Å². The predicted molar refractivity (Wildman–Crippen MR) is 61.6 cm³/mol. The van der Waals surface area contributed by atoms with Crippen molar-refractivity contribution in [2.24, 2.45) is 0 Å². The fraction of sp³-hybridized carbons (Fsp3) is 0.500. The van der Waals surface area contributed by atoms with Crippen LogP contribution in [0.15, 0.2) is 6.33 Å². The molecule has 1 fully saturated rings. The van der Waals surface area contributed by atoms with E-state index in [9.17, 15) is 13.9 Å². The zero-order valence-electron chi connectivity index (χ0n) is 10.0. The molecule has 0 saturated carbocycles. The molecule has 10 heteroatoms. The number of imidazole rings is 1. The second-order valence-electron chi connectivity index (χ2n) is 4.38. The van der Waals surface area contributed by atoms with Gasteiger partial charge in [-0.1, -0.05) is 0 Å². The lowest BCUT2D eigenvalue weighted by molar-refractivity contribution is -0.0459. The standard InChI is InChI=1S/C10H11F2N5O3/c11-4-6(19)3(1-18)20-9(4)17-2-14-5-7(13)15-10(12)16-8(5)17/h2-4,6,9,18-19H,1H2,(H2,13,15,16)/t3-,4?,6+,9-/m1/s1. The van der Waals surface area contributed by atoms with E-state index in [1.165, 1.54) is 6.33 Å². The Morgan fingerprint density at radius 2 is 2.20 bits per heavy atom. The molecule has 1 aliphatic rings. The Hall–Kier alpha value is -1.91. The molecule has 0 spiro atoms. The number of nitrogens with zero attached hydrogens (tertiary/aromatic N) is 4. The number of aromatic nitrogens is 4. The summed E-state index contributed by atoms with van der Waals surface area (Å²) in [5, 5.41) is 18.6. The molecule has 1 saturated heterocycles. The number of rotatable bonds is 2. The van der Waals surface area contributed by atoms with Crippen molar-refractivity contribution in [1.29, 1.82) is 0 Å². The molecular formula is C10H11F2N5O3. The Bertz CT molecular complexity index is 651. The molecule has 3 heterocycles. The molecule has 0 radical (unpaired) electrons. The summed E-state index contributed by atoms with van der Waals surface area (Å²) in [7, 11) is 0. The lowest BCUT2D eigenvalue weighted by Gasteiger charge is -2.14. The topological polar surface area (TPSA) is 119 Å². The summed E-state index contributed by atoms with van der Waals surface area (Å²) >= 11 is 0. The van der Waals surface area contributed by atoms with Gasteiger partial charge < -0.3 is 20.7 Å². The van der Waals surface area contributed by atoms with Gasteiger partial charge >= 0.3 is 6.08 Å². The Kier molecular flexibility index (Phi) is 3.00. The Morgan fingerprint density at radius 3 is 2.85 bits per heavy atom. The number of anilines is 1. The molecule has 1 aliphatic heterocycles. The van der Waals surface area contributed by atoms with Crippen molar-refractivity contribution in [3.63, 3.8) is 0 Å². The molecule has 2 aromatic rings. The van der Waals surface area contributed by atoms with Gasteiger partial charge in [-0.15, -0.1) is 0 Å². The van der Waals surface area contributed by atoms with Gasteiger partial charge in [-0.05, 0) is 0 Å². The van der Waals surface area contributed by atoms with Gasteiger partial charge in [0, 0.05) is 0 Å². The quantitative estimate of drug-likeness (QED) is 0.614. The van der Waals surface area contributed by atoms with Crippen LogP contribution in [-0.4, -0.2) is 54.7 Å². The highest BCUT2D eigenvalue weighted by atomic mass is 19.1. The fourth-order valence-electron chi connectivity index (χ4n) is 2.18. The van der Waals surface area contributed by atoms with Crippen LogP contribution in [0.25, 0.3) is 11.2 Å². The number of ether oxygens (including phenoxy) is 1. The summed E-state index contributed by atoms with van der Waals surface area (Å²) in [5.41, 5.74) is 5.55. The highest BCUT2D eigenvalue weighted by Crippen LogP contribution is 2.33. The number of hydrogen-bond acceptors (Lipinski definition) is 7. The number of nitrogen functional groups attached to an aromatic ring is 1. The summed E-state index contributed by atoms with van der Waals surface area (Å²) in [4.78, 5) is 10.7. The van der Waals surface area contributed by atoms with Crippen molar-refractivity contribution in [1.82, 2.24) is 19.5 Å². The van der Waals surface area contributed by atoms with Gasteiger partial charge in [0.1, 0.15) is 12.2 Å². The van der Waals surface area contributed by atoms with Gasteiger partial charge in [-0.2, -0.15) is 14.4 Å². The minimum absolute atomic E-state index is 0.0477. The van der Waals surface area contributed by atoms with E-state index in [1.54, 1.807) is 0 Å². The molecule has 2 aromatic heterocycles. The second kappa shape index (κ2) is 4.58. The number of fused-ring (bicyclic) bond motifs is 1. The normalized spacial score (nSPS) is 30.2. The third-order valence-corrected chi connectivity index (χ3v) is 3.17. The maximum absolute atomic E-state index is 14.0. The molecule has 4 N–H and O–H groups in total. The van der Waals surface area contributed by atoms with E-state index in [2.05, 4.69) is 15.0 Å². The largest absolute Gasteiger partial charge is 0.394 e. The molecule has 0 bridgehead atoms. The van der Waals surface area contributed by atoms with Gasteiger partial charge in [-0.3, -0.25) is 4.57 Å². The van der Waals surface area contributed by atoms with Crippen LogP contribution in [0.2, 0.25) is 0 Å². The van der Waals surface area contributed by atoms with E-state index < -0.39 is 37.3 Å². The van der Waals surface area contributed by atoms with E-state index in [0.29, 0.717) is 0 Å². The van der Waals surface area contributed by atoms with E-state index in [4.69, 9.17) is 15.6 Å². The highest BCUT2D eigenvalue weighted by Gasteiger charge is 2.45. The van der Waals surface area contributed by atoms with Crippen molar-refractivity contribution >= 4 is 17.0 Å². The summed E-state index contributed by atoms with van der Waals surface area (Å²) in [5.74, 6) is -0.182. The molecule has 3 rings (SSSR count). The average Bonchev–Trinajstić information content (AvgIpc) is 2.93. The van der Waals surface area contributed by atoms with Crippen LogP contribution in [-0.2, 0) is 4.74 Å². The lowest BCUT2D eigenvalue weighted by atomic mass is 10.1. The SMILES string of the molecule is Nc1nc(F)nc2c1ncn2[C@@H]1O[C@H](CO)[C@H](O)C1F. The summed E-state index contributed by atoms with van der Waals surface area (Å²) in [6.45, 7) is -0.545. The van der Waals surface area contributed by atoms with Crippen LogP contribution >= 0.6 is 0 Å². The van der Waals surface area contributed by atoms with Crippen molar-refractivity contribution in [3.8, 4) is 0 Å². The van der Waals surface area contributed by atoms with E-state index in [-0.39, 0.29) is 17.0 Å². The van der Waals surface area contributed by atoms with Gasteiger partial charge in [0.25, 0.3) is 0 Å². The third-order valence-electron chi connectivity index (χ3n) is 3.17. The molecule has 108 valence electrons. The molecule has 0 aromatic carbocycles. The number of hydrogen-bond donors (Lipinski definition) is 3. The highest BCUT2D eigenvalue weighted by molar-refractivity contribution is 5.81. The smallest absolute Gasteiger partial charge is 0.312 e. The Labute approximate surface area is 110 Å². The number of nitrogens with two attached hydrogens (primary N) is 1. The first-order valence-electron chi connectivity index (χ1n) is 5.77. The Balaban J connectivity index is 2.07. The minimum Gasteiger partial charge on any atom is -0.394 e. The van der Waals surface area contributed by atoms with Gasteiger partial charge in [0.05, 0.1) is 12.9 Å². The van der Waals surface area contributed by atoms with E-state index >= 15 is 0 Å². The maximum atomic E-state index is 14.0. The molecule has 20 heavy (non-hydrogen) atoms. The molecule has 0 aliphatic carbocycles. The molecule has 4 atom stereocenters. The van der Waals surface area contributed by atoms with Crippen molar-refractivity contribution < 1.29 is 23.7 Å². The fourth-order valence-corrected chi connectivity index (χ4v) is 2.18. The van der Waals surface area contributed by atoms with Gasteiger partial charge in [-0.25, -0.2) is 9.37 Å². The molecule has 1 unspecified atom stereocenters. The molecule has 8 nitrogen and oxygen atoms in total. The number of aliphatic hydroxyl groups is 2. The summed E-state index contributed by atoms with van der Waals surface area (Å²) < 4.78 is 33.5. The van der Waals surface area contributed by atoms with Crippen LogP contribution < -0.4 is 5.73 Å². The lowest BCUT2D eigenvalue weighted by Crippen LogP contribution is -2.30. The van der Waals surface area contributed by atoms with Crippen LogP contribution in [0.4, 0.5) is 14.6 Å². The van der Waals surface area contributed by atoms with Crippen molar-refractivity contribution in [2.75, 3.05) is 12.3 Å². The predicted octanol–water partition coefficient (Wildman–Crippen LogP) is -0.864. The van der Waals surface area contributed by atoms with Gasteiger partial charge in [0.15, 0.2) is 29.4 Å². The summed E-state index contributed by atoms with van der Waals surface area (Å²) in [6, 6.07) is 0. The van der Waals surface area contributed by atoms with Gasteiger partial charge in [0.2, 0.25) is 0 Å². The van der Waals surface area contributed by atoms with Crippen molar-refractivity contribution in [3.05, 3.63) is 12.4 Å². The molecular weight excluding hydrogens is 276 g/mol. The average molecular weight is 287 g/mol. The van der Waals surface area contributed by atoms with Crippen LogP contribution in [0.1, 0.15) is 6.23 Å². The maximum Gasteiger partial charge on any atom is 0.312 e. The monoisotopic (exact) mass is 287 g/mol. The minimum atomic E-state index is -1.82. The van der Waals surface area contributed by atoms with Crippen molar-refractivity contribution in [2.45, 2.75) is 24.6 Å². The van der Waals surface area contributed by atoms with E-state index in [1.807, 2.05) is 0 Å².